The smallest absolute Gasteiger partial charge is 0.240 e. The lowest BCUT2D eigenvalue weighted by molar-refractivity contribution is -0.132. The average molecular weight is 337 g/mol. The first kappa shape index (κ1) is 17.6. The normalized spacial score (nSPS) is 17.8. The van der Waals surface area contributed by atoms with Gasteiger partial charge >= 0.3 is 0 Å². The van der Waals surface area contributed by atoms with Gasteiger partial charge in [-0.1, -0.05) is 30.7 Å². The fraction of sp³-hybridized carbons (Fsp3) is 0.529. The van der Waals surface area contributed by atoms with E-state index in [1.165, 1.54) is 0 Å². The van der Waals surface area contributed by atoms with Gasteiger partial charge < -0.3 is 14.8 Å². The molecule has 1 aliphatic heterocycles. The van der Waals surface area contributed by atoms with Crippen molar-refractivity contribution >= 4 is 17.5 Å². The van der Waals surface area contributed by atoms with Crippen LogP contribution in [0.15, 0.2) is 24.3 Å². The molecule has 1 fully saturated rings. The lowest BCUT2D eigenvalue weighted by Crippen LogP contribution is -2.46. The number of benzene rings is 1. The van der Waals surface area contributed by atoms with E-state index in [4.69, 9.17) is 21.1 Å². The van der Waals surface area contributed by atoms with E-state index in [9.17, 15) is 10.1 Å². The number of nitriles is 1. The summed E-state index contributed by atoms with van der Waals surface area (Å²) in [6.45, 7) is 3.19. The summed E-state index contributed by atoms with van der Waals surface area (Å²) in [6, 6.07) is 9.40. The minimum absolute atomic E-state index is 0.200. The van der Waals surface area contributed by atoms with Crippen molar-refractivity contribution in [2.75, 3.05) is 19.8 Å². The van der Waals surface area contributed by atoms with Gasteiger partial charge in [-0.05, 0) is 31.4 Å². The Morgan fingerprint density at radius 2 is 2.17 bits per heavy atom. The van der Waals surface area contributed by atoms with E-state index < -0.39 is 5.41 Å². The third-order valence-electron chi connectivity index (χ3n) is 4.07. The van der Waals surface area contributed by atoms with Crippen molar-refractivity contribution in [1.29, 1.82) is 5.26 Å². The van der Waals surface area contributed by atoms with E-state index in [1.54, 1.807) is 12.1 Å². The highest BCUT2D eigenvalue weighted by atomic mass is 35.5. The standard InChI is InChI=1S/C17H21ClN2O3/c1-2-13(23-15-6-4-3-5-14(15)18)11-20-16(21)17(12-19)7-9-22-10-8-17/h3-6,13H,2,7-11H2,1H3,(H,20,21)/t13-/m0/s1. The van der Waals surface area contributed by atoms with Crippen LogP contribution >= 0.6 is 11.6 Å². The van der Waals surface area contributed by atoms with Gasteiger partial charge in [-0.3, -0.25) is 4.79 Å². The van der Waals surface area contributed by atoms with Gasteiger partial charge in [0.2, 0.25) is 5.91 Å². The van der Waals surface area contributed by atoms with Crippen LogP contribution in [0.25, 0.3) is 0 Å². The molecular weight excluding hydrogens is 316 g/mol. The van der Waals surface area contributed by atoms with Crippen LogP contribution in [0.5, 0.6) is 5.75 Å². The number of halogens is 1. The monoisotopic (exact) mass is 336 g/mol. The zero-order valence-corrected chi connectivity index (χ0v) is 13.9. The number of amides is 1. The first-order valence-electron chi connectivity index (χ1n) is 7.80. The van der Waals surface area contributed by atoms with E-state index in [0.29, 0.717) is 49.8 Å². The molecule has 1 N–H and O–H groups in total. The Kier molecular flexibility index (Phi) is 6.26. The molecule has 0 bridgehead atoms. The molecule has 124 valence electrons. The Morgan fingerprint density at radius 3 is 2.78 bits per heavy atom. The van der Waals surface area contributed by atoms with E-state index in [0.717, 1.165) is 0 Å². The fourth-order valence-electron chi connectivity index (χ4n) is 2.47. The van der Waals surface area contributed by atoms with Crippen LogP contribution in [0.4, 0.5) is 0 Å². The molecule has 1 saturated heterocycles. The summed E-state index contributed by atoms with van der Waals surface area (Å²) in [5, 5.41) is 12.8. The number of carbonyl (C=O) groups is 1. The summed E-state index contributed by atoms with van der Waals surface area (Å²) in [6.07, 6.45) is 1.37. The molecule has 1 amide bonds. The molecule has 1 atom stereocenters. The maximum atomic E-state index is 12.4. The second-order valence-corrected chi connectivity index (χ2v) is 6.00. The summed E-state index contributed by atoms with van der Waals surface area (Å²) >= 11 is 6.09. The highest BCUT2D eigenvalue weighted by Crippen LogP contribution is 2.30. The summed E-state index contributed by atoms with van der Waals surface area (Å²) in [5.74, 6) is 0.348. The quantitative estimate of drug-likeness (QED) is 0.867. The van der Waals surface area contributed by atoms with Gasteiger partial charge in [-0.25, -0.2) is 0 Å². The number of hydrogen-bond acceptors (Lipinski definition) is 4. The molecule has 23 heavy (non-hydrogen) atoms. The summed E-state index contributed by atoms with van der Waals surface area (Å²) in [5.41, 5.74) is -0.985. The average Bonchev–Trinajstić information content (AvgIpc) is 2.60. The molecule has 0 saturated carbocycles. The van der Waals surface area contributed by atoms with Crippen LogP contribution in [0.3, 0.4) is 0 Å². The van der Waals surface area contributed by atoms with Crippen molar-refractivity contribution in [3.05, 3.63) is 29.3 Å². The first-order valence-corrected chi connectivity index (χ1v) is 8.17. The van der Waals surface area contributed by atoms with Crippen LogP contribution in [0.2, 0.25) is 5.02 Å². The molecule has 0 spiro atoms. The van der Waals surface area contributed by atoms with Crippen LogP contribution in [0.1, 0.15) is 26.2 Å². The lowest BCUT2D eigenvalue weighted by Gasteiger charge is -2.30. The van der Waals surface area contributed by atoms with Gasteiger partial charge in [0, 0.05) is 13.2 Å². The Labute approximate surface area is 141 Å². The molecule has 5 nitrogen and oxygen atoms in total. The summed E-state index contributed by atoms with van der Waals surface area (Å²) < 4.78 is 11.1. The fourth-order valence-corrected chi connectivity index (χ4v) is 2.65. The maximum absolute atomic E-state index is 12.4. The molecule has 1 aromatic carbocycles. The van der Waals surface area contributed by atoms with Crippen LogP contribution in [-0.4, -0.2) is 31.8 Å². The van der Waals surface area contributed by atoms with Crippen molar-refractivity contribution in [1.82, 2.24) is 5.32 Å². The van der Waals surface area contributed by atoms with Gasteiger partial charge in [0.15, 0.2) is 0 Å². The van der Waals surface area contributed by atoms with Gasteiger partial charge in [0.25, 0.3) is 0 Å². The molecule has 2 rings (SSSR count). The van der Waals surface area contributed by atoms with Crippen molar-refractivity contribution in [2.24, 2.45) is 5.41 Å². The van der Waals surface area contributed by atoms with Crippen molar-refractivity contribution in [3.8, 4) is 11.8 Å². The summed E-state index contributed by atoms with van der Waals surface area (Å²) in [4.78, 5) is 12.4. The number of para-hydroxylation sites is 1. The van der Waals surface area contributed by atoms with E-state index in [-0.39, 0.29) is 12.0 Å². The Bertz CT molecular complexity index is 579. The molecule has 0 aromatic heterocycles. The second kappa shape index (κ2) is 8.19. The molecule has 1 aromatic rings. The minimum atomic E-state index is -0.985. The third kappa shape index (κ3) is 4.37. The highest BCUT2D eigenvalue weighted by Gasteiger charge is 2.40. The number of rotatable bonds is 6. The first-order chi connectivity index (χ1) is 11.1. The molecule has 1 aliphatic rings. The maximum Gasteiger partial charge on any atom is 0.240 e. The zero-order valence-electron chi connectivity index (χ0n) is 13.2. The molecule has 0 aliphatic carbocycles. The van der Waals surface area contributed by atoms with Crippen LogP contribution < -0.4 is 10.1 Å². The molecular formula is C17H21ClN2O3. The number of carbonyl (C=O) groups excluding carboxylic acids is 1. The number of hydrogen-bond donors (Lipinski definition) is 1. The second-order valence-electron chi connectivity index (χ2n) is 5.59. The zero-order chi connectivity index (χ0) is 16.7. The predicted octanol–water partition coefficient (Wildman–Crippen LogP) is 2.93. The number of nitrogens with one attached hydrogen (secondary N) is 1. The summed E-state index contributed by atoms with van der Waals surface area (Å²) in [7, 11) is 0. The molecule has 6 heteroatoms. The van der Waals surface area contributed by atoms with Gasteiger partial charge in [-0.15, -0.1) is 0 Å². The topological polar surface area (TPSA) is 71.4 Å². The Hall–Kier alpha value is -1.77. The largest absolute Gasteiger partial charge is 0.487 e. The third-order valence-corrected chi connectivity index (χ3v) is 4.38. The van der Waals surface area contributed by atoms with Gasteiger partial charge in [0.1, 0.15) is 17.3 Å². The van der Waals surface area contributed by atoms with Crippen molar-refractivity contribution in [2.45, 2.75) is 32.3 Å². The lowest BCUT2D eigenvalue weighted by atomic mass is 9.81. The van der Waals surface area contributed by atoms with E-state index in [1.807, 2.05) is 19.1 Å². The van der Waals surface area contributed by atoms with Crippen LogP contribution in [-0.2, 0) is 9.53 Å². The highest BCUT2D eigenvalue weighted by molar-refractivity contribution is 6.32. The minimum Gasteiger partial charge on any atom is -0.487 e. The molecule has 1 heterocycles. The Balaban J connectivity index is 1.93. The van der Waals surface area contributed by atoms with E-state index in [2.05, 4.69) is 11.4 Å². The predicted molar refractivity (Wildman–Crippen MR) is 87.3 cm³/mol. The van der Waals surface area contributed by atoms with Crippen LogP contribution in [0, 0.1) is 16.7 Å². The number of ether oxygens (including phenoxy) is 2. The molecule has 0 unspecified atom stereocenters. The Morgan fingerprint density at radius 1 is 1.48 bits per heavy atom. The van der Waals surface area contributed by atoms with Crippen molar-refractivity contribution in [3.63, 3.8) is 0 Å². The van der Waals surface area contributed by atoms with E-state index >= 15 is 0 Å². The van der Waals surface area contributed by atoms with Crippen molar-refractivity contribution < 1.29 is 14.3 Å². The number of nitrogens with zero attached hydrogens (tertiary/aromatic N) is 1. The molecule has 0 radical (unpaired) electrons. The SMILES string of the molecule is CC[C@@H](CNC(=O)C1(C#N)CCOCC1)Oc1ccccc1Cl. The van der Waals surface area contributed by atoms with Gasteiger partial charge in [-0.2, -0.15) is 5.26 Å². The van der Waals surface area contributed by atoms with Gasteiger partial charge in [0.05, 0.1) is 17.6 Å².